The molecule has 2 aromatic carbocycles. The third kappa shape index (κ3) is 5.48. The molecule has 27 heavy (non-hydrogen) atoms. The average Bonchev–Trinajstić information content (AvgIpc) is 2.92. The molecule has 0 aliphatic carbocycles. The molecule has 1 heterocycles. The molecule has 0 aromatic heterocycles. The standard InChI is InChI=1S/C18H17NO3.H3O4P/c1-2-15(18(21)22)12-7-9-14(10-8-12)19-11-13-5-3-4-6-16(13)17(19)20;1-5(2,3)4/h3-10,15H,2,11H2,1H3,(H,21,22);(H3,1,2,3,4). The van der Waals surface area contributed by atoms with Gasteiger partial charge in [-0.3, -0.25) is 9.59 Å². The Morgan fingerprint density at radius 3 is 2.15 bits per heavy atom. The topological polar surface area (TPSA) is 135 Å². The highest BCUT2D eigenvalue weighted by atomic mass is 31.2. The third-order valence-electron chi connectivity index (χ3n) is 4.13. The molecule has 1 atom stereocenters. The summed E-state index contributed by atoms with van der Waals surface area (Å²) in [5.74, 6) is -1.32. The van der Waals surface area contributed by atoms with E-state index in [1.165, 1.54) is 0 Å². The molecule has 0 fully saturated rings. The SMILES string of the molecule is CCC(C(=O)O)c1ccc(N2Cc3ccccc3C2=O)cc1.O=P(O)(O)O. The van der Waals surface area contributed by atoms with Gasteiger partial charge in [0.05, 0.1) is 12.5 Å². The Hall–Kier alpha value is -2.51. The minimum Gasteiger partial charge on any atom is -0.481 e. The summed E-state index contributed by atoms with van der Waals surface area (Å²) in [6.07, 6.45) is 0.544. The van der Waals surface area contributed by atoms with Gasteiger partial charge < -0.3 is 24.7 Å². The van der Waals surface area contributed by atoms with E-state index in [1.54, 1.807) is 17.0 Å². The predicted octanol–water partition coefficient (Wildman–Crippen LogP) is 2.50. The van der Waals surface area contributed by atoms with E-state index in [2.05, 4.69) is 0 Å². The molecule has 8 nitrogen and oxygen atoms in total. The molecule has 9 heteroatoms. The maximum Gasteiger partial charge on any atom is 0.466 e. The lowest BCUT2D eigenvalue weighted by molar-refractivity contribution is -0.138. The molecular formula is C18H20NO7P. The zero-order valence-corrected chi connectivity index (χ0v) is 15.4. The Kier molecular flexibility index (Phi) is 6.51. The van der Waals surface area contributed by atoms with E-state index in [0.29, 0.717) is 13.0 Å². The smallest absolute Gasteiger partial charge is 0.466 e. The van der Waals surface area contributed by atoms with Crippen LogP contribution in [0.3, 0.4) is 0 Å². The maximum absolute atomic E-state index is 12.4. The minimum atomic E-state index is -4.64. The monoisotopic (exact) mass is 393 g/mol. The molecule has 0 saturated carbocycles. The number of fused-ring (bicyclic) bond motifs is 1. The number of aliphatic carboxylic acids is 1. The zero-order valence-electron chi connectivity index (χ0n) is 14.5. The molecule has 144 valence electrons. The number of rotatable bonds is 4. The van der Waals surface area contributed by atoms with E-state index in [4.69, 9.17) is 19.2 Å². The van der Waals surface area contributed by atoms with Gasteiger partial charge in [0.2, 0.25) is 0 Å². The van der Waals surface area contributed by atoms with Crippen molar-refractivity contribution in [3.63, 3.8) is 0 Å². The summed E-state index contributed by atoms with van der Waals surface area (Å²) >= 11 is 0. The van der Waals surface area contributed by atoms with E-state index in [9.17, 15) is 14.7 Å². The molecule has 4 N–H and O–H groups in total. The molecule has 1 amide bonds. The number of hydrogen-bond donors (Lipinski definition) is 4. The van der Waals surface area contributed by atoms with Crippen molar-refractivity contribution < 1.29 is 33.9 Å². The van der Waals surface area contributed by atoms with Gasteiger partial charge in [-0.2, -0.15) is 0 Å². The quantitative estimate of drug-likeness (QED) is 0.586. The van der Waals surface area contributed by atoms with Crippen molar-refractivity contribution in [1.82, 2.24) is 0 Å². The number of anilines is 1. The van der Waals surface area contributed by atoms with Gasteiger partial charge in [0, 0.05) is 11.3 Å². The van der Waals surface area contributed by atoms with Crippen LogP contribution in [0.4, 0.5) is 5.69 Å². The fourth-order valence-electron chi connectivity index (χ4n) is 2.90. The predicted molar refractivity (Wildman–Crippen MR) is 98.3 cm³/mol. The van der Waals surface area contributed by atoms with E-state index in [1.807, 2.05) is 43.3 Å². The van der Waals surface area contributed by atoms with Crippen molar-refractivity contribution >= 4 is 25.4 Å². The summed E-state index contributed by atoms with van der Waals surface area (Å²) in [7, 11) is -4.64. The molecule has 1 unspecified atom stereocenters. The first-order chi connectivity index (χ1) is 12.6. The number of nitrogens with zero attached hydrogens (tertiary/aromatic N) is 1. The van der Waals surface area contributed by atoms with Crippen molar-refractivity contribution in [1.29, 1.82) is 0 Å². The lowest BCUT2D eigenvalue weighted by Crippen LogP contribution is -2.23. The Labute approximate surface area is 155 Å². The van der Waals surface area contributed by atoms with Gasteiger partial charge in [-0.25, -0.2) is 4.57 Å². The number of carbonyl (C=O) groups excluding carboxylic acids is 1. The molecular weight excluding hydrogens is 373 g/mol. The van der Waals surface area contributed by atoms with Crippen LogP contribution in [0, 0.1) is 0 Å². The third-order valence-corrected chi connectivity index (χ3v) is 4.13. The van der Waals surface area contributed by atoms with Crippen LogP contribution in [0.1, 0.15) is 40.7 Å². The first-order valence-electron chi connectivity index (χ1n) is 8.12. The second-order valence-electron chi connectivity index (χ2n) is 5.95. The van der Waals surface area contributed by atoms with E-state index in [-0.39, 0.29) is 5.91 Å². The van der Waals surface area contributed by atoms with Crippen LogP contribution < -0.4 is 4.90 Å². The minimum absolute atomic E-state index is 0.00590. The van der Waals surface area contributed by atoms with Crippen molar-refractivity contribution in [2.45, 2.75) is 25.8 Å². The Morgan fingerprint density at radius 2 is 1.67 bits per heavy atom. The molecule has 1 aliphatic rings. The van der Waals surface area contributed by atoms with Crippen molar-refractivity contribution in [2.75, 3.05) is 4.90 Å². The van der Waals surface area contributed by atoms with Gasteiger partial charge in [-0.05, 0) is 35.7 Å². The van der Waals surface area contributed by atoms with Crippen molar-refractivity contribution in [3.05, 3.63) is 65.2 Å². The molecule has 0 bridgehead atoms. The number of carbonyl (C=O) groups is 2. The van der Waals surface area contributed by atoms with E-state index >= 15 is 0 Å². The fraction of sp³-hybridized carbons (Fsp3) is 0.222. The summed E-state index contributed by atoms with van der Waals surface area (Å²) in [4.78, 5) is 46.9. The van der Waals surface area contributed by atoms with Gasteiger partial charge in [0.25, 0.3) is 5.91 Å². The normalized spacial score (nSPS) is 14.2. The number of carboxylic acids is 1. The van der Waals surface area contributed by atoms with Crippen LogP contribution in [0.2, 0.25) is 0 Å². The largest absolute Gasteiger partial charge is 0.481 e. The Morgan fingerprint density at radius 1 is 1.11 bits per heavy atom. The van der Waals surface area contributed by atoms with Crippen molar-refractivity contribution in [3.8, 4) is 0 Å². The average molecular weight is 393 g/mol. The van der Waals surface area contributed by atoms with Crippen LogP contribution in [0.25, 0.3) is 0 Å². The first kappa shape index (κ1) is 20.8. The summed E-state index contributed by atoms with van der Waals surface area (Å²) in [5.41, 5.74) is 3.32. The summed E-state index contributed by atoms with van der Waals surface area (Å²) in [6.45, 7) is 2.41. The molecule has 0 radical (unpaired) electrons. The summed E-state index contributed by atoms with van der Waals surface area (Å²) < 4.78 is 8.88. The maximum atomic E-state index is 12.4. The molecule has 0 saturated heterocycles. The lowest BCUT2D eigenvalue weighted by atomic mass is 9.96. The number of phosphoric acid groups is 1. The van der Waals surface area contributed by atoms with Crippen LogP contribution in [0.15, 0.2) is 48.5 Å². The number of carboxylic acid groups (broad SMARTS) is 1. The molecule has 0 spiro atoms. The fourth-order valence-corrected chi connectivity index (χ4v) is 2.90. The van der Waals surface area contributed by atoms with E-state index in [0.717, 1.165) is 22.4 Å². The van der Waals surface area contributed by atoms with Crippen LogP contribution in [-0.2, 0) is 15.9 Å². The van der Waals surface area contributed by atoms with Gasteiger partial charge in [0.1, 0.15) is 0 Å². The van der Waals surface area contributed by atoms with Gasteiger partial charge in [-0.1, -0.05) is 37.3 Å². The second kappa shape index (κ2) is 8.45. The van der Waals surface area contributed by atoms with Crippen molar-refractivity contribution in [2.24, 2.45) is 0 Å². The van der Waals surface area contributed by atoms with Gasteiger partial charge in [-0.15, -0.1) is 0 Å². The van der Waals surface area contributed by atoms with Crippen LogP contribution in [0.5, 0.6) is 0 Å². The Bertz CT molecular complexity index is 867. The van der Waals surface area contributed by atoms with Gasteiger partial charge >= 0.3 is 13.8 Å². The highest BCUT2D eigenvalue weighted by Gasteiger charge is 2.28. The lowest BCUT2D eigenvalue weighted by Gasteiger charge is -2.17. The first-order valence-corrected chi connectivity index (χ1v) is 9.69. The summed E-state index contributed by atoms with van der Waals surface area (Å²) in [5, 5.41) is 9.20. The molecule has 2 aromatic rings. The number of benzene rings is 2. The van der Waals surface area contributed by atoms with E-state index < -0.39 is 19.7 Å². The highest BCUT2D eigenvalue weighted by molar-refractivity contribution is 7.45. The zero-order chi connectivity index (χ0) is 20.2. The highest BCUT2D eigenvalue weighted by Crippen LogP contribution is 2.30. The second-order valence-corrected chi connectivity index (χ2v) is 6.98. The van der Waals surface area contributed by atoms with Gasteiger partial charge in [0.15, 0.2) is 0 Å². The molecule has 3 rings (SSSR count). The molecule has 1 aliphatic heterocycles. The number of hydrogen-bond acceptors (Lipinski definition) is 3. The Balaban J connectivity index is 0.000000465. The van der Waals surface area contributed by atoms with Crippen LogP contribution in [-0.4, -0.2) is 31.7 Å². The summed E-state index contributed by atoms with van der Waals surface area (Å²) in [6, 6.07) is 14.8. The van der Waals surface area contributed by atoms with Crippen LogP contribution >= 0.6 is 7.82 Å². The number of amides is 1.